The Labute approximate surface area is 259 Å². The van der Waals surface area contributed by atoms with Gasteiger partial charge in [0, 0.05) is 26.4 Å². The molecule has 3 N–H and O–H groups in total. The molecule has 0 spiro atoms. The zero-order valence-corrected chi connectivity index (χ0v) is 24.6. The summed E-state index contributed by atoms with van der Waals surface area (Å²) in [4.78, 5) is 55.6. The van der Waals surface area contributed by atoms with Crippen molar-refractivity contribution in [3.63, 3.8) is 0 Å². The Kier molecular flexibility index (Phi) is 8.72. The van der Waals surface area contributed by atoms with Crippen molar-refractivity contribution in [2.75, 3.05) is 23.2 Å². The summed E-state index contributed by atoms with van der Waals surface area (Å²) in [6, 6.07) is 7.27. The van der Waals surface area contributed by atoms with Crippen molar-refractivity contribution >= 4 is 45.2 Å². The van der Waals surface area contributed by atoms with E-state index in [1.54, 1.807) is 7.05 Å². The number of carboxylic acids is 1. The Morgan fingerprint density at radius 2 is 1.72 bits per heavy atom. The van der Waals surface area contributed by atoms with Crippen LogP contribution in [0.25, 0.3) is 5.69 Å². The number of amides is 4. The summed E-state index contributed by atoms with van der Waals surface area (Å²) in [6.07, 6.45) is 3.93. The quantitative estimate of drug-likeness (QED) is 0.227. The molecule has 0 aliphatic carbocycles. The predicted octanol–water partition coefficient (Wildman–Crippen LogP) is 1.96. The second kappa shape index (κ2) is 12.7. The van der Waals surface area contributed by atoms with E-state index >= 15 is 0 Å². The van der Waals surface area contributed by atoms with Gasteiger partial charge in [-0.25, -0.2) is 32.9 Å². The number of benzene rings is 2. The van der Waals surface area contributed by atoms with Crippen LogP contribution >= 0.6 is 0 Å². The molecule has 0 saturated carbocycles. The first kappa shape index (κ1) is 31.6. The van der Waals surface area contributed by atoms with E-state index in [0.717, 1.165) is 11.0 Å². The van der Waals surface area contributed by atoms with Gasteiger partial charge >= 0.3 is 12.0 Å². The second-order valence-corrected chi connectivity index (χ2v) is 11.7. The number of urea groups is 1. The van der Waals surface area contributed by atoms with Crippen molar-refractivity contribution in [1.82, 2.24) is 30.2 Å². The highest BCUT2D eigenvalue weighted by Crippen LogP contribution is 2.24. The van der Waals surface area contributed by atoms with Crippen molar-refractivity contribution in [3.8, 4) is 5.69 Å². The molecule has 1 aliphatic heterocycles. The Balaban J connectivity index is 1.27. The number of carbonyl (C=O) groups is 4. The number of hydrogen-bond donors (Lipinski definition) is 3. The highest BCUT2D eigenvalue weighted by atomic mass is 32.2. The number of aliphatic carboxylic acids is 1. The van der Waals surface area contributed by atoms with Crippen molar-refractivity contribution in [3.05, 3.63) is 89.9 Å². The van der Waals surface area contributed by atoms with Gasteiger partial charge in [0.15, 0.2) is 5.03 Å². The monoisotopic (exact) mass is 654 g/mol. The van der Waals surface area contributed by atoms with Crippen LogP contribution in [0.4, 0.5) is 25.0 Å². The zero-order valence-electron chi connectivity index (χ0n) is 23.8. The summed E-state index contributed by atoms with van der Waals surface area (Å²) in [7, 11) is -2.86. The van der Waals surface area contributed by atoms with Crippen LogP contribution in [0.5, 0.6) is 0 Å². The molecule has 0 unspecified atom stereocenters. The van der Waals surface area contributed by atoms with Crippen LogP contribution in [0.3, 0.4) is 0 Å². The number of imide groups is 1. The molecule has 1 aliphatic rings. The predicted molar refractivity (Wildman–Crippen MR) is 155 cm³/mol. The fraction of sp³-hybridized carbons (Fsp3) is 0.179. The molecule has 2 aromatic carbocycles. The fourth-order valence-electron chi connectivity index (χ4n) is 4.52. The van der Waals surface area contributed by atoms with Gasteiger partial charge in [0.25, 0.3) is 15.9 Å². The number of rotatable bonds is 10. The fourth-order valence-corrected chi connectivity index (χ4v) is 5.49. The van der Waals surface area contributed by atoms with E-state index in [1.165, 1.54) is 58.5 Å². The molecule has 0 bridgehead atoms. The number of anilines is 2. The molecule has 4 aromatic rings. The number of carboxylic acid groups (broad SMARTS) is 1. The van der Waals surface area contributed by atoms with Crippen LogP contribution in [0, 0.1) is 11.6 Å². The maximum absolute atomic E-state index is 15.0. The summed E-state index contributed by atoms with van der Waals surface area (Å²) in [6.45, 7) is 0.282. The van der Waals surface area contributed by atoms with E-state index in [0.29, 0.717) is 23.4 Å². The van der Waals surface area contributed by atoms with Crippen LogP contribution in [0.15, 0.2) is 72.1 Å². The van der Waals surface area contributed by atoms with Crippen LogP contribution < -0.4 is 14.9 Å². The lowest BCUT2D eigenvalue weighted by atomic mass is 10.0. The summed E-state index contributed by atoms with van der Waals surface area (Å²) >= 11 is 0. The number of nitrogens with zero attached hydrogens (tertiary/aromatic N) is 6. The third-order valence-corrected chi connectivity index (χ3v) is 8.17. The summed E-state index contributed by atoms with van der Waals surface area (Å²) in [5.74, 6) is -6.22. The number of sulfonamides is 1. The normalized spacial score (nSPS) is 14.2. The number of aromatic nitrogens is 4. The van der Waals surface area contributed by atoms with E-state index in [1.807, 2.05) is 4.72 Å². The van der Waals surface area contributed by atoms with Crippen molar-refractivity contribution in [2.24, 2.45) is 0 Å². The first-order valence-electron chi connectivity index (χ1n) is 13.4. The van der Waals surface area contributed by atoms with Crippen LogP contribution in [0.2, 0.25) is 0 Å². The number of hydrogen-bond acceptors (Lipinski definition) is 9. The Bertz CT molecular complexity index is 1900. The SMILES string of the molecule is CN1CCC(=O)N(c2ccc(C[C@H](NC(=O)c3c(F)cc(NS(=O)(=O)c4ccc(-n5ccnn5)cn4)cc3F)C(=O)O)cc2)C1=O. The molecule has 3 heterocycles. The smallest absolute Gasteiger partial charge is 0.331 e. The van der Waals surface area contributed by atoms with Crippen molar-refractivity contribution in [1.29, 1.82) is 0 Å². The molecule has 2 aromatic heterocycles. The van der Waals surface area contributed by atoms with Crippen molar-refractivity contribution < 1.29 is 41.5 Å². The van der Waals surface area contributed by atoms with Gasteiger partial charge < -0.3 is 15.3 Å². The summed E-state index contributed by atoms with van der Waals surface area (Å²) < 4.78 is 58.8. The van der Waals surface area contributed by atoms with Gasteiger partial charge in [-0.2, -0.15) is 8.42 Å². The van der Waals surface area contributed by atoms with Gasteiger partial charge in [0.1, 0.15) is 23.2 Å². The largest absolute Gasteiger partial charge is 0.480 e. The molecule has 1 saturated heterocycles. The molecular formula is C28H24F2N8O7S. The van der Waals surface area contributed by atoms with Crippen LogP contribution in [-0.2, 0) is 26.0 Å². The topological polar surface area (TPSA) is 197 Å². The van der Waals surface area contributed by atoms with E-state index in [9.17, 15) is 41.5 Å². The van der Waals surface area contributed by atoms with Gasteiger partial charge in [-0.05, 0) is 42.0 Å². The third-order valence-electron chi connectivity index (χ3n) is 6.87. The minimum atomic E-state index is -4.41. The van der Waals surface area contributed by atoms with E-state index < -0.39 is 67.8 Å². The van der Waals surface area contributed by atoms with Gasteiger partial charge in [-0.1, -0.05) is 17.3 Å². The standard InChI is InChI=1S/C28H24F2N8O7S/c1-36-10-8-24(39)38(28(36)43)18-4-2-16(3-5-18)12-22(27(41)42)33-26(40)25-20(29)13-17(14-21(25)30)34-46(44,45)23-7-6-19(15-31-23)37-11-9-32-35-37/h2-7,9,11,13-15,22,34H,8,10,12H2,1H3,(H,33,40)(H,41,42)/t22-/m0/s1. The van der Waals surface area contributed by atoms with E-state index in [-0.39, 0.29) is 25.1 Å². The van der Waals surface area contributed by atoms with E-state index in [2.05, 4.69) is 20.6 Å². The first-order chi connectivity index (χ1) is 21.8. The van der Waals surface area contributed by atoms with Gasteiger partial charge in [-0.3, -0.25) is 14.3 Å². The summed E-state index contributed by atoms with van der Waals surface area (Å²) in [5, 5.41) is 18.7. The molecule has 1 fully saturated rings. The van der Waals surface area contributed by atoms with Gasteiger partial charge in [0.05, 0.1) is 35.7 Å². The minimum Gasteiger partial charge on any atom is -0.480 e. The zero-order chi connectivity index (χ0) is 33.2. The average molecular weight is 655 g/mol. The Hall–Kier alpha value is -5.78. The highest BCUT2D eigenvalue weighted by Gasteiger charge is 2.31. The van der Waals surface area contributed by atoms with Gasteiger partial charge in [-0.15, -0.1) is 5.10 Å². The molecule has 46 heavy (non-hydrogen) atoms. The number of halogens is 2. The minimum absolute atomic E-state index is 0.133. The van der Waals surface area contributed by atoms with Crippen LogP contribution in [-0.4, -0.2) is 81.9 Å². The first-order valence-corrected chi connectivity index (χ1v) is 14.9. The third kappa shape index (κ3) is 6.65. The van der Waals surface area contributed by atoms with E-state index in [4.69, 9.17) is 0 Å². The van der Waals surface area contributed by atoms with Gasteiger partial charge in [0.2, 0.25) is 5.91 Å². The van der Waals surface area contributed by atoms with Crippen molar-refractivity contribution in [2.45, 2.75) is 23.9 Å². The Morgan fingerprint density at radius 1 is 1.04 bits per heavy atom. The number of carbonyl (C=O) groups excluding carboxylic acids is 3. The highest BCUT2D eigenvalue weighted by molar-refractivity contribution is 7.92. The number of pyridine rings is 1. The molecule has 4 amide bonds. The average Bonchev–Trinajstić information content (AvgIpc) is 3.54. The molecular weight excluding hydrogens is 630 g/mol. The lowest BCUT2D eigenvalue weighted by Gasteiger charge is -2.31. The Morgan fingerprint density at radius 3 is 2.30 bits per heavy atom. The lowest BCUT2D eigenvalue weighted by Crippen LogP contribution is -2.50. The van der Waals surface area contributed by atoms with Crippen LogP contribution in [0.1, 0.15) is 22.3 Å². The molecule has 15 nitrogen and oxygen atoms in total. The maximum Gasteiger partial charge on any atom is 0.331 e. The lowest BCUT2D eigenvalue weighted by molar-refractivity contribution is -0.139. The summed E-state index contributed by atoms with van der Waals surface area (Å²) in [5.41, 5.74) is -0.651. The molecule has 5 rings (SSSR count). The molecule has 238 valence electrons. The maximum atomic E-state index is 15.0. The molecule has 18 heteroatoms. The molecule has 1 atom stereocenters. The molecule has 0 radical (unpaired) electrons. The second-order valence-electron chi connectivity index (χ2n) is 10.0. The number of nitrogens with one attached hydrogen (secondary N) is 2.